The molecule has 2 rings (SSSR count). The molecule has 0 aliphatic carbocycles. The Hall–Kier alpha value is -1.50. The van der Waals surface area contributed by atoms with E-state index < -0.39 is 25.5 Å². The van der Waals surface area contributed by atoms with Crippen molar-refractivity contribution in [2.24, 2.45) is 5.41 Å². The summed E-state index contributed by atoms with van der Waals surface area (Å²) in [5.41, 5.74) is -0.829. The lowest BCUT2D eigenvalue weighted by atomic mass is 9.86. The largest absolute Gasteiger partial charge is 0.387 e. The summed E-state index contributed by atoms with van der Waals surface area (Å²) in [6, 6.07) is 2.35. The van der Waals surface area contributed by atoms with Crippen LogP contribution in [-0.4, -0.2) is 6.54 Å². The van der Waals surface area contributed by atoms with E-state index in [2.05, 4.69) is 5.32 Å². The van der Waals surface area contributed by atoms with Crippen LogP contribution >= 0.6 is 0 Å². The highest BCUT2D eigenvalue weighted by Gasteiger charge is 2.14. The smallest absolute Gasteiger partial charge is 0.0629 e. The van der Waals surface area contributed by atoms with Crippen molar-refractivity contribution < 1.29 is 12.3 Å². The van der Waals surface area contributed by atoms with Crippen molar-refractivity contribution >= 4 is 5.57 Å². The van der Waals surface area contributed by atoms with Gasteiger partial charge in [0.2, 0.25) is 0 Å². The number of allylic oxidation sites excluding steroid dienone is 2. The number of rotatable bonds is 2. The molecule has 0 saturated heterocycles. The Kier molecular flexibility index (Phi) is 1.74. The number of hydrogen-bond donors (Lipinski definition) is 1. The maximum absolute atomic E-state index is 8.46. The summed E-state index contributed by atoms with van der Waals surface area (Å²) in [6.07, 6.45) is 1.00. The third-order valence-electron chi connectivity index (χ3n) is 2.69. The summed E-state index contributed by atoms with van der Waals surface area (Å²) < 4.78 is 72.4. The minimum atomic E-state index is -2.64. The minimum absolute atomic E-state index is 0.0114. The molecular weight excluding hydrogens is 230 g/mol. The van der Waals surface area contributed by atoms with E-state index >= 15 is 0 Å². The van der Waals surface area contributed by atoms with Gasteiger partial charge in [0.15, 0.2) is 0 Å². The average molecular weight is 264 g/mol. The van der Waals surface area contributed by atoms with Crippen molar-refractivity contribution in [3.8, 4) is 0 Å². The van der Waals surface area contributed by atoms with Crippen LogP contribution in [0.15, 0.2) is 36.0 Å². The minimum Gasteiger partial charge on any atom is -0.387 e. The molecule has 0 saturated carbocycles. The van der Waals surface area contributed by atoms with E-state index in [1.807, 2.05) is 0 Å². The fraction of sp³-hybridized carbons (Fsp3) is 0.444. The van der Waals surface area contributed by atoms with E-state index in [4.69, 9.17) is 12.3 Å². The highest BCUT2D eigenvalue weighted by molar-refractivity contribution is 5.81. The lowest BCUT2D eigenvalue weighted by Gasteiger charge is -2.20. The molecule has 0 amide bonds. The Balaban J connectivity index is 2.80. The fourth-order valence-corrected chi connectivity index (χ4v) is 1.97. The summed E-state index contributed by atoms with van der Waals surface area (Å²) in [5.74, 6) is 0. The van der Waals surface area contributed by atoms with Crippen LogP contribution < -0.4 is 5.32 Å². The number of benzene rings is 1. The van der Waals surface area contributed by atoms with Gasteiger partial charge in [0.1, 0.15) is 0 Å². The number of nitrogens with one attached hydrogen (secondary N) is 1. The van der Waals surface area contributed by atoms with Crippen molar-refractivity contribution in [3.05, 3.63) is 52.7 Å². The van der Waals surface area contributed by atoms with Gasteiger partial charge in [-0.15, -0.1) is 0 Å². The molecule has 0 atom stereocenters. The maximum Gasteiger partial charge on any atom is 0.0629 e. The van der Waals surface area contributed by atoms with E-state index in [9.17, 15) is 0 Å². The van der Waals surface area contributed by atoms with Crippen LogP contribution in [0, 0.1) is 12.3 Å². The second-order valence-electron chi connectivity index (χ2n) is 5.64. The average Bonchev–Trinajstić information content (AvgIpc) is 2.51. The zero-order valence-electron chi connectivity index (χ0n) is 20.5. The molecule has 1 aliphatic heterocycles. The molecule has 1 aromatic rings. The van der Waals surface area contributed by atoms with Crippen LogP contribution in [0.4, 0.5) is 0 Å². The third kappa shape index (κ3) is 3.50. The van der Waals surface area contributed by atoms with E-state index in [1.165, 1.54) is 18.3 Å². The third-order valence-corrected chi connectivity index (χ3v) is 2.69. The second kappa shape index (κ2) is 5.24. The molecule has 0 fully saturated rings. The molecule has 0 spiro atoms. The molecule has 1 aliphatic rings. The summed E-state index contributed by atoms with van der Waals surface area (Å²) in [7, 11) is 0. The molecule has 1 heterocycles. The second-order valence-corrected chi connectivity index (χ2v) is 5.64. The van der Waals surface area contributed by atoms with Gasteiger partial charge in [-0.25, -0.2) is 0 Å². The molecule has 0 aromatic heterocycles. The standard InChI is InChI=1S/C18H25N/c1-13-10-15(11-18(3,4)5)6-7-16(13)17-8-9-19-12-14(17)2/h6-8,10,12,19H,9,11H2,1-5H3/i1D3,2D3,7D,11D2. The van der Waals surface area contributed by atoms with Crippen molar-refractivity contribution in [2.75, 3.05) is 6.54 Å². The maximum atomic E-state index is 8.46. The van der Waals surface area contributed by atoms with Gasteiger partial charge in [0.25, 0.3) is 0 Å². The molecule has 1 N–H and O–H groups in total. The van der Waals surface area contributed by atoms with Gasteiger partial charge in [0, 0.05) is 23.7 Å². The monoisotopic (exact) mass is 264 g/mol. The Morgan fingerprint density at radius 2 is 2.26 bits per heavy atom. The topological polar surface area (TPSA) is 12.0 Å². The number of aryl methyl sites for hydroxylation is 1. The van der Waals surface area contributed by atoms with Gasteiger partial charge in [-0.1, -0.05) is 45.0 Å². The van der Waals surface area contributed by atoms with Gasteiger partial charge in [-0.05, 0) is 53.3 Å². The molecule has 1 nitrogen and oxygen atoms in total. The van der Waals surface area contributed by atoms with Crippen LogP contribution in [0.1, 0.15) is 56.7 Å². The van der Waals surface area contributed by atoms with Gasteiger partial charge in [-0.2, -0.15) is 0 Å². The van der Waals surface area contributed by atoms with Crippen molar-refractivity contribution in [2.45, 2.75) is 40.8 Å². The van der Waals surface area contributed by atoms with E-state index in [0.717, 1.165) is 0 Å². The zero-order chi connectivity index (χ0) is 21.7. The predicted octanol–water partition coefficient (Wildman–Crippen LogP) is 4.47. The molecule has 0 bridgehead atoms. The van der Waals surface area contributed by atoms with E-state index in [0.29, 0.717) is 6.54 Å². The fourth-order valence-electron chi connectivity index (χ4n) is 1.97. The molecule has 19 heavy (non-hydrogen) atoms. The molecule has 1 heteroatoms. The summed E-state index contributed by atoms with van der Waals surface area (Å²) in [4.78, 5) is 0. The Morgan fingerprint density at radius 3 is 2.95 bits per heavy atom. The van der Waals surface area contributed by atoms with Crippen LogP contribution in [0.25, 0.3) is 5.57 Å². The van der Waals surface area contributed by atoms with Crippen LogP contribution in [0.2, 0.25) is 0 Å². The van der Waals surface area contributed by atoms with Gasteiger partial charge >= 0.3 is 0 Å². The summed E-state index contributed by atoms with van der Waals surface area (Å²) in [5, 5.41) is 2.81. The van der Waals surface area contributed by atoms with Crippen molar-refractivity contribution in [1.29, 1.82) is 0 Å². The SMILES string of the molecule is [2H]c1cc(C([2H])([2H])C(C)(C)C)cc(C([2H])([2H])[2H])c1C1=CCNC=C1C([2H])([2H])[2H]. The first-order valence-electron chi connectivity index (χ1n) is 10.8. The lowest BCUT2D eigenvalue weighted by molar-refractivity contribution is 0.411. The molecule has 1 aromatic carbocycles. The van der Waals surface area contributed by atoms with E-state index in [1.54, 1.807) is 26.8 Å². The first-order valence-corrected chi connectivity index (χ1v) is 6.28. The predicted molar refractivity (Wildman–Crippen MR) is 84.1 cm³/mol. The van der Waals surface area contributed by atoms with Crippen molar-refractivity contribution in [3.63, 3.8) is 0 Å². The number of hydrogen-bond acceptors (Lipinski definition) is 1. The van der Waals surface area contributed by atoms with Gasteiger partial charge in [-0.3, -0.25) is 0 Å². The lowest BCUT2D eigenvalue weighted by Crippen LogP contribution is -2.12. The number of dihydropyridines is 1. The van der Waals surface area contributed by atoms with Gasteiger partial charge < -0.3 is 5.32 Å². The van der Waals surface area contributed by atoms with E-state index in [-0.39, 0.29) is 33.9 Å². The van der Waals surface area contributed by atoms with Crippen LogP contribution in [-0.2, 0) is 6.37 Å². The first kappa shape index (κ1) is 6.30. The Morgan fingerprint density at radius 1 is 1.42 bits per heavy atom. The van der Waals surface area contributed by atoms with Gasteiger partial charge in [0.05, 0.1) is 1.37 Å². The van der Waals surface area contributed by atoms with Crippen LogP contribution in [0.5, 0.6) is 0 Å². The summed E-state index contributed by atoms with van der Waals surface area (Å²) >= 11 is 0. The van der Waals surface area contributed by atoms with Crippen LogP contribution in [0.3, 0.4) is 0 Å². The van der Waals surface area contributed by atoms with Crippen molar-refractivity contribution in [1.82, 2.24) is 5.32 Å². The Labute approximate surface area is 130 Å². The highest BCUT2D eigenvalue weighted by Crippen LogP contribution is 2.29. The first-order chi connectivity index (χ1) is 12.5. The highest BCUT2D eigenvalue weighted by atomic mass is 14.8. The quantitative estimate of drug-likeness (QED) is 0.831. The molecule has 0 unspecified atom stereocenters. The normalized spacial score (nSPS) is 24.7. The molecule has 102 valence electrons. The Bertz CT molecular complexity index is 821. The zero-order valence-corrected chi connectivity index (χ0v) is 11.5. The summed E-state index contributed by atoms with van der Waals surface area (Å²) in [6.45, 7) is 0.273. The molecular formula is C18H25N. The molecule has 0 radical (unpaired) electrons.